The first-order valence-corrected chi connectivity index (χ1v) is 4.04. The monoisotopic (exact) mass is 172 g/mol. The maximum Gasteiger partial charge on any atom is 0.109 e. The van der Waals surface area contributed by atoms with Crippen molar-refractivity contribution in [3.63, 3.8) is 0 Å². The summed E-state index contributed by atoms with van der Waals surface area (Å²) in [5.74, 6) is 0. The van der Waals surface area contributed by atoms with E-state index in [1.54, 1.807) is 6.20 Å². The Bertz CT molecular complexity index is 363. The molecule has 0 saturated heterocycles. The first-order valence-electron chi connectivity index (χ1n) is 3.64. The van der Waals surface area contributed by atoms with E-state index < -0.39 is 0 Å². The average molecular weight is 172 g/mol. The highest BCUT2D eigenvalue weighted by molar-refractivity contribution is 7.83. The molecule has 2 heteroatoms. The molecule has 1 radical (unpaired) electrons. The number of benzene rings is 1. The summed E-state index contributed by atoms with van der Waals surface area (Å²) in [6.07, 6.45) is 4.48. The van der Waals surface area contributed by atoms with Crippen molar-refractivity contribution in [1.82, 2.24) is 0 Å². The number of nitrogens with zero attached hydrogens (tertiary/aromatic N) is 1. The molecule has 0 amide bonds. The molecule has 1 nitrogen and oxygen atoms in total. The molecule has 57 valence electrons. The Morgan fingerprint density at radius 3 is 2.50 bits per heavy atom. The predicted molar refractivity (Wildman–Crippen MR) is 54.5 cm³/mol. The molecule has 0 N–H and O–H groups in total. The standard InChI is InChI=1S/C10H6NS/c12-10-7-11-6-9(10)8-4-2-1-3-5-8/h1-6H. The maximum atomic E-state index is 5.05. The number of hydrogen-bond acceptors (Lipinski definition) is 2. The van der Waals surface area contributed by atoms with Gasteiger partial charge in [-0.15, -0.1) is 0 Å². The second-order valence-corrected chi connectivity index (χ2v) is 2.89. The predicted octanol–water partition coefficient (Wildman–Crippen LogP) is 2.36. The van der Waals surface area contributed by atoms with Gasteiger partial charge < -0.3 is 0 Å². The number of thiocarbonyl (C=S) groups is 1. The molecule has 0 aromatic heterocycles. The van der Waals surface area contributed by atoms with Crippen molar-refractivity contribution in [2.45, 2.75) is 0 Å². The Kier molecular flexibility index (Phi) is 1.84. The van der Waals surface area contributed by atoms with E-state index in [1.165, 1.54) is 0 Å². The Morgan fingerprint density at radius 1 is 1.17 bits per heavy atom. The number of hydrogen-bond donors (Lipinski definition) is 0. The Labute approximate surface area is 76.4 Å². The van der Waals surface area contributed by atoms with Crippen molar-refractivity contribution in [3.8, 4) is 0 Å². The van der Waals surface area contributed by atoms with Gasteiger partial charge in [-0.05, 0) is 5.56 Å². The lowest BCUT2D eigenvalue weighted by atomic mass is 10.1. The minimum Gasteiger partial charge on any atom is -0.252 e. The lowest BCUT2D eigenvalue weighted by Crippen LogP contribution is -1.94. The number of aliphatic imine (C=N–C) groups is 1. The van der Waals surface area contributed by atoms with Crippen LogP contribution in [-0.2, 0) is 0 Å². The molecule has 1 aliphatic heterocycles. The van der Waals surface area contributed by atoms with E-state index in [4.69, 9.17) is 12.2 Å². The lowest BCUT2D eigenvalue weighted by molar-refractivity contribution is 1.60. The van der Waals surface area contributed by atoms with Gasteiger partial charge in [0.2, 0.25) is 0 Å². The van der Waals surface area contributed by atoms with Gasteiger partial charge in [0.1, 0.15) is 6.21 Å². The summed E-state index contributed by atoms with van der Waals surface area (Å²) in [7, 11) is 0. The van der Waals surface area contributed by atoms with Crippen LogP contribution in [0.15, 0.2) is 41.5 Å². The minimum atomic E-state index is 0.696. The highest BCUT2D eigenvalue weighted by Crippen LogP contribution is 2.18. The molecular weight excluding hydrogens is 166 g/mol. The van der Waals surface area contributed by atoms with E-state index in [9.17, 15) is 0 Å². The van der Waals surface area contributed by atoms with Crippen molar-refractivity contribution in [1.29, 1.82) is 0 Å². The highest BCUT2D eigenvalue weighted by atomic mass is 32.1. The van der Waals surface area contributed by atoms with Crippen LogP contribution in [0, 0.1) is 0 Å². The molecule has 0 atom stereocenters. The first kappa shape index (κ1) is 7.37. The van der Waals surface area contributed by atoms with Crippen LogP contribution in [0.3, 0.4) is 0 Å². The Hall–Kier alpha value is -1.28. The summed E-state index contributed by atoms with van der Waals surface area (Å²) in [5, 5.41) is 0. The van der Waals surface area contributed by atoms with Crippen LogP contribution in [-0.4, -0.2) is 11.1 Å². The molecular formula is C10H6NS. The molecule has 2 rings (SSSR count). The molecule has 12 heavy (non-hydrogen) atoms. The Morgan fingerprint density at radius 2 is 1.92 bits per heavy atom. The van der Waals surface area contributed by atoms with Crippen molar-refractivity contribution in [2.24, 2.45) is 4.99 Å². The second-order valence-electron chi connectivity index (χ2n) is 2.48. The van der Waals surface area contributed by atoms with Crippen LogP contribution in [0.25, 0.3) is 5.57 Å². The van der Waals surface area contributed by atoms with Gasteiger partial charge >= 0.3 is 0 Å². The number of allylic oxidation sites excluding steroid dienone is 1. The third kappa shape index (κ3) is 1.21. The van der Waals surface area contributed by atoms with E-state index in [0.29, 0.717) is 4.86 Å². The van der Waals surface area contributed by atoms with Crippen LogP contribution in [0.4, 0.5) is 0 Å². The minimum absolute atomic E-state index is 0.696. The maximum absolute atomic E-state index is 5.05. The van der Waals surface area contributed by atoms with Gasteiger partial charge in [0.05, 0.1) is 4.86 Å². The molecule has 0 unspecified atom stereocenters. The van der Waals surface area contributed by atoms with Gasteiger partial charge in [0.25, 0.3) is 0 Å². The fourth-order valence-electron chi connectivity index (χ4n) is 1.10. The zero-order valence-corrected chi connectivity index (χ0v) is 7.14. The second kappa shape index (κ2) is 2.99. The SMILES string of the molecule is S=C1[C]=NC=C1c1ccccc1. The number of rotatable bonds is 1. The summed E-state index contributed by atoms with van der Waals surface area (Å²) in [4.78, 5) is 4.56. The molecule has 0 saturated carbocycles. The largest absolute Gasteiger partial charge is 0.252 e. The molecule has 1 heterocycles. The van der Waals surface area contributed by atoms with E-state index in [0.717, 1.165) is 11.1 Å². The van der Waals surface area contributed by atoms with Crippen LogP contribution in [0.5, 0.6) is 0 Å². The van der Waals surface area contributed by atoms with E-state index in [2.05, 4.69) is 11.2 Å². The third-order valence-corrected chi connectivity index (χ3v) is 2.00. The molecule has 1 aromatic rings. The third-order valence-electron chi connectivity index (χ3n) is 1.69. The molecule has 1 aliphatic rings. The molecule has 0 fully saturated rings. The van der Waals surface area contributed by atoms with E-state index in [1.807, 2.05) is 30.3 Å². The summed E-state index contributed by atoms with van der Waals surface area (Å²) in [5.41, 5.74) is 2.10. The van der Waals surface area contributed by atoms with Gasteiger partial charge in [0.15, 0.2) is 0 Å². The van der Waals surface area contributed by atoms with Crippen LogP contribution < -0.4 is 0 Å². The highest BCUT2D eigenvalue weighted by Gasteiger charge is 2.09. The Balaban J connectivity index is 2.40. The van der Waals surface area contributed by atoms with Gasteiger partial charge in [-0.25, -0.2) is 0 Å². The first-order chi connectivity index (χ1) is 5.88. The summed E-state index contributed by atoms with van der Waals surface area (Å²) < 4.78 is 0. The zero-order valence-electron chi connectivity index (χ0n) is 6.32. The van der Waals surface area contributed by atoms with Crippen LogP contribution in [0.1, 0.15) is 5.56 Å². The van der Waals surface area contributed by atoms with E-state index in [-0.39, 0.29) is 0 Å². The fraction of sp³-hybridized carbons (Fsp3) is 0. The molecule has 0 aliphatic carbocycles. The lowest BCUT2D eigenvalue weighted by Gasteiger charge is -1.98. The van der Waals surface area contributed by atoms with Crippen LogP contribution >= 0.6 is 12.2 Å². The van der Waals surface area contributed by atoms with E-state index >= 15 is 0 Å². The average Bonchev–Trinajstić information content (AvgIpc) is 2.53. The summed E-state index contributed by atoms with van der Waals surface area (Å²) in [6.45, 7) is 0. The van der Waals surface area contributed by atoms with Crippen LogP contribution in [0.2, 0.25) is 0 Å². The van der Waals surface area contributed by atoms with Gasteiger partial charge in [-0.2, -0.15) is 0 Å². The van der Waals surface area contributed by atoms with Gasteiger partial charge in [-0.3, -0.25) is 4.99 Å². The fourth-order valence-corrected chi connectivity index (χ4v) is 1.32. The van der Waals surface area contributed by atoms with Crippen molar-refractivity contribution >= 4 is 28.9 Å². The topological polar surface area (TPSA) is 12.4 Å². The summed E-state index contributed by atoms with van der Waals surface area (Å²) in [6, 6.07) is 9.97. The van der Waals surface area contributed by atoms with Crippen molar-refractivity contribution in [2.75, 3.05) is 0 Å². The summed E-state index contributed by atoms with van der Waals surface area (Å²) >= 11 is 5.05. The zero-order chi connectivity index (χ0) is 8.39. The molecule has 0 bridgehead atoms. The van der Waals surface area contributed by atoms with Gasteiger partial charge in [-0.1, -0.05) is 42.5 Å². The quantitative estimate of drug-likeness (QED) is 0.592. The van der Waals surface area contributed by atoms with Crippen molar-refractivity contribution in [3.05, 3.63) is 42.1 Å². The molecule has 0 spiro atoms. The molecule has 1 aromatic carbocycles. The smallest absolute Gasteiger partial charge is 0.109 e. The van der Waals surface area contributed by atoms with Crippen molar-refractivity contribution < 1.29 is 0 Å². The normalized spacial score (nSPS) is 15.0. The van der Waals surface area contributed by atoms with Gasteiger partial charge in [0, 0.05) is 11.8 Å².